The van der Waals surface area contributed by atoms with E-state index in [0.29, 0.717) is 95.7 Å². The van der Waals surface area contributed by atoms with Crippen molar-refractivity contribution in [3.63, 3.8) is 0 Å². The lowest BCUT2D eigenvalue weighted by molar-refractivity contribution is -0.267. The molecule has 2 saturated heterocycles. The van der Waals surface area contributed by atoms with Crippen LogP contribution in [-0.4, -0.2) is 97.9 Å². The molecule has 6 saturated carbocycles. The van der Waals surface area contributed by atoms with Crippen LogP contribution in [0.1, 0.15) is 204 Å². The second kappa shape index (κ2) is 17.9. The molecular formula is C65H91N3O8. The molecule has 10 aliphatic rings. The highest BCUT2D eigenvalue weighted by molar-refractivity contribution is 6.02. The number of hydrogen-bond donors (Lipinski definition) is 6. The minimum atomic E-state index is -0.932. The summed E-state index contributed by atoms with van der Waals surface area (Å²) in [4.78, 5) is 34.9. The van der Waals surface area contributed by atoms with Crippen molar-refractivity contribution < 1.29 is 39.5 Å². The molecule has 5 heterocycles. The van der Waals surface area contributed by atoms with E-state index in [1.54, 1.807) is 0 Å². The maximum atomic E-state index is 15.8. The topological polar surface area (TPSA) is 170 Å². The first-order valence-corrected chi connectivity index (χ1v) is 30.5. The number of nitrogens with one attached hydrogen (secondary N) is 2. The van der Waals surface area contributed by atoms with E-state index < -0.39 is 67.9 Å². The minimum absolute atomic E-state index is 0.0394. The average molecular weight is 1040 g/mol. The van der Waals surface area contributed by atoms with Crippen LogP contribution in [0.15, 0.2) is 41.7 Å². The van der Waals surface area contributed by atoms with E-state index in [9.17, 15) is 20.4 Å². The molecule has 13 rings (SSSR count). The van der Waals surface area contributed by atoms with Gasteiger partial charge in [0.05, 0.1) is 40.5 Å². The molecule has 0 amide bonds. The highest BCUT2D eigenvalue weighted by atomic mass is 16.6. The molecular weight excluding hydrogens is 951 g/mol. The summed E-state index contributed by atoms with van der Waals surface area (Å²) in [6.07, 6.45) is 20.0. The first kappa shape index (κ1) is 52.2. The number of carbonyl (C=O) groups excluding carboxylic acids is 2. The maximum Gasteiger partial charge on any atom is 0.160 e. The van der Waals surface area contributed by atoms with Gasteiger partial charge in [-0.3, -0.25) is 9.59 Å². The summed E-state index contributed by atoms with van der Waals surface area (Å²) in [5, 5.41) is 54.2. The fraction of sp³-hybridized carbons (Fsp3) is 0.754. The summed E-state index contributed by atoms with van der Waals surface area (Å²) < 4.78 is 14.4. The number of rotatable bonds is 8. The van der Waals surface area contributed by atoms with Gasteiger partial charge in [0, 0.05) is 92.6 Å². The Morgan fingerprint density at radius 1 is 0.868 bits per heavy atom. The Morgan fingerprint density at radius 3 is 2.34 bits per heavy atom. The van der Waals surface area contributed by atoms with Crippen LogP contribution < -0.4 is 5.32 Å². The third-order valence-corrected chi connectivity index (χ3v) is 24.9. The van der Waals surface area contributed by atoms with Crippen LogP contribution in [0.25, 0.3) is 11.0 Å². The van der Waals surface area contributed by atoms with E-state index in [1.165, 1.54) is 54.4 Å². The molecule has 0 bridgehead atoms. The van der Waals surface area contributed by atoms with Crippen molar-refractivity contribution in [3.05, 3.63) is 69.6 Å². The van der Waals surface area contributed by atoms with Crippen molar-refractivity contribution in [1.82, 2.24) is 14.9 Å². The molecule has 6 N–H and O–H groups in total. The highest BCUT2D eigenvalue weighted by Crippen LogP contribution is 2.81. The third kappa shape index (κ3) is 7.49. The number of aromatic nitrogens is 2. The van der Waals surface area contributed by atoms with Gasteiger partial charge in [0.1, 0.15) is 11.9 Å². The van der Waals surface area contributed by atoms with Gasteiger partial charge < -0.3 is 44.8 Å². The zero-order chi connectivity index (χ0) is 53.2. The Kier molecular flexibility index (Phi) is 12.3. The van der Waals surface area contributed by atoms with E-state index in [0.717, 1.165) is 72.7 Å². The van der Waals surface area contributed by atoms with Gasteiger partial charge in [-0.05, 0) is 177 Å². The maximum absolute atomic E-state index is 15.8. The lowest BCUT2D eigenvalue weighted by Crippen LogP contribution is -2.73. The molecule has 76 heavy (non-hydrogen) atoms. The largest absolute Gasteiger partial charge is 0.393 e. The van der Waals surface area contributed by atoms with Crippen LogP contribution in [0.2, 0.25) is 0 Å². The molecule has 14 atom stereocenters. The number of Topliss-reactive ketones (excluding diaryl/α,β-unsaturated/α-hetero) is 2. The Balaban J connectivity index is 0.979. The van der Waals surface area contributed by atoms with Gasteiger partial charge >= 0.3 is 0 Å². The lowest BCUT2D eigenvalue weighted by atomic mass is 9.29. The van der Waals surface area contributed by atoms with Crippen molar-refractivity contribution in [2.75, 3.05) is 20.3 Å². The van der Waals surface area contributed by atoms with Gasteiger partial charge in [-0.1, -0.05) is 71.6 Å². The van der Waals surface area contributed by atoms with Crippen LogP contribution >= 0.6 is 0 Å². The van der Waals surface area contributed by atoms with Gasteiger partial charge in [-0.25, -0.2) is 0 Å². The van der Waals surface area contributed by atoms with Gasteiger partial charge in [0.15, 0.2) is 5.78 Å². The number of H-pyrrole nitrogens is 1. The fourth-order valence-corrected chi connectivity index (χ4v) is 20.9. The number of ether oxygens (including phenoxy) is 2. The molecule has 3 aliphatic heterocycles. The first-order chi connectivity index (χ1) is 36.1. The van der Waals surface area contributed by atoms with Crippen molar-refractivity contribution in [1.29, 1.82) is 0 Å². The third-order valence-electron chi connectivity index (χ3n) is 24.9. The van der Waals surface area contributed by atoms with Crippen molar-refractivity contribution in [2.45, 2.75) is 237 Å². The Bertz CT molecular complexity index is 2850. The van der Waals surface area contributed by atoms with Crippen molar-refractivity contribution >= 4 is 22.6 Å². The number of ketones is 2. The van der Waals surface area contributed by atoms with E-state index >= 15 is 9.59 Å². The number of aromatic amines is 1. The lowest BCUT2D eigenvalue weighted by Gasteiger charge is -2.75. The smallest absolute Gasteiger partial charge is 0.160 e. The summed E-state index contributed by atoms with van der Waals surface area (Å²) in [6, 6.07) is 7.25. The summed E-state index contributed by atoms with van der Waals surface area (Å²) >= 11 is 0. The number of aliphatic hydroxyl groups excluding tert-OH is 3. The first-order valence-electron chi connectivity index (χ1n) is 30.5. The molecule has 2 spiro atoms. The quantitative estimate of drug-likeness (QED) is 0.120. The number of aliphatic hydroxyl groups is 4. The summed E-state index contributed by atoms with van der Waals surface area (Å²) in [5.74, 6) is 0.391. The summed E-state index contributed by atoms with van der Waals surface area (Å²) in [7, 11) is 2.05. The van der Waals surface area contributed by atoms with E-state index in [2.05, 4.69) is 73.2 Å². The van der Waals surface area contributed by atoms with Crippen LogP contribution in [0.5, 0.6) is 0 Å². The van der Waals surface area contributed by atoms with Crippen molar-refractivity contribution in [2.24, 2.45) is 50.2 Å². The Labute approximate surface area is 452 Å². The second-order valence-electron chi connectivity index (χ2n) is 29.0. The highest BCUT2D eigenvalue weighted by Gasteiger charge is 2.78. The average Bonchev–Trinajstić information content (AvgIpc) is 3.99. The SMILES string of the molecule is CN[C@H]1CCC[C@@]2(C1)C(=O)C[C@]1(CC[C@@H](O)C1)[C@@]1(C)[C@H]3[C@H](O)[C@H]4Cn5cc(Cc6cc(C7CCCCC7)cc(C7(O)CCOCC7)c6)c6[nH]cc(c65)CC[C@@](C)(C[C@@H](O)[C@H]5OC5(C)C)C5=C4[C@](C)(CC5=O)[C@@]3(C)CC[C@@H]21. The van der Waals surface area contributed by atoms with Crippen LogP contribution in [0.4, 0.5) is 0 Å². The number of carbonyl (C=O) groups is 2. The molecule has 0 radical (unpaired) electrons. The normalized spacial score (nSPS) is 42.3. The van der Waals surface area contributed by atoms with Crippen LogP contribution in [0.3, 0.4) is 0 Å². The van der Waals surface area contributed by atoms with E-state index in [-0.39, 0.29) is 29.8 Å². The van der Waals surface area contributed by atoms with Gasteiger partial charge in [0.25, 0.3) is 0 Å². The number of hydrogen-bond acceptors (Lipinski definition) is 9. The molecule has 11 nitrogen and oxygen atoms in total. The number of nitrogens with zero attached hydrogens (tertiary/aromatic N) is 1. The number of epoxide rings is 1. The van der Waals surface area contributed by atoms with Gasteiger partial charge in [-0.2, -0.15) is 0 Å². The van der Waals surface area contributed by atoms with Gasteiger partial charge in [0.2, 0.25) is 0 Å². The summed E-state index contributed by atoms with van der Waals surface area (Å²) in [6.45, 7) is 15.2. The van der Waals surface area contributed by atoms with Crippen LogP contribution in [-0.2, 0) is 44.1 Å². The molecule has 0 unspecified atom stereocenters. The molecule has 2 aromatic heterocycles. The number of fused-ring (bicyclic) bond motifs is 6. The molecule has 414 valence electrons. The predicted molar refractivity (Wildman–Crippen MR) is 294 cm³/mol. The van der Waals surface area contributed by atoms with E-state index in [1.807, 2.05) is 20.9 Å². The van der Waals surface area contributed by atoms with Crippen molar-refractivity contribution in [3.8, 4) is 0 Å². The Morgan fingerprint density at radius 2 is 1.63 bits per heavy atom. The second-order valence-corrected chi connectivity index (χ2v) is 29.0. The molecule has 8 fully saturated rings. The predicted octanol–water partition coefficient (Wildman–Crippen LogP) is 10.4. The number of benzene rings is 1. The standard InChI is InChI=1S/C65H91N3O8/c1-58(2)57(76-58)48(71)32-59(3)19-15-40-35-67-53-42(27-38-26-41(39-12-9-8-10-13-39)29-43(28-38)65(74)22-24-75-25-23-65)36-68(54(40)53)37-46-51-52(59)47(70)33-61(51,5)60(4)20-17-49-62(6,56(60)55(46)73)63(21-16-45(69)31-63)34-50(72)64(49)18-11-14-44(30-64)66-7/h26,28-29,35-36,39,44-46,48-49,55-57,66-67,69,71,73-74H,8-25,27,30-34,37H2,1-7H3/t44-,45+,46-,48+,49+,55+,56-,57+,59-,60-,61-,62+,63+,64-/m0/s1. The zero-order valence-electron chi connectivity index (χ0n) is 47.1. The summed E-state index contributed by atoms with van der Waals surface area (Å²) in [5.41, 5.74) is 5.45. The molecule has 1 aromatic carbocycles. The fourth-order valence-electron chi connectivity index (χ4n) is 20.9. The van der Waals surface area contributed by atoms with Crippen LogP contribution in [0, 0.1) is 50.2 Å². The molecule has 7 aliphatic carbocycles. The Hall–Kier alpha value is -3.16. The number of aryl methyl sites for hydroxylation is 1. The molecule has 11 heteroatoms. The monoisotopic (exact) mass is 1040 g/mol. The van der Waals surface area contributed by atoms with Gasteiger partial charge in [-0.15, -0.1) is 0 Å². The number of allylic oxidation sites excluding steroid dienone is 1. The van der Waals surface area contributed by atoms with E-state index in [4.69, 9.17) is 9.47 Å². The minimum Gasteiger partial charge on any atom is -0.393 e. The zero-order valence-corrected chi connectivity index (χ0v) is 47.1. The molecule has 3 aromatic rings.